The van der Waals surface area contributed by atoms with Gasteiger partial charge in [0.2, 0.25) is 5.91 Å². The zero-order chi connectivity index (χ0) is 18.0. The van der Waals surface area contributed by atoms with Crippen molar-refractivity contribution in [3.63, 3.8) is 0 Å². The number of carbonyl (C=O) groups excluding carboxylic acids is 1. The van der Waals surface area contributed by atoms with Gasteiger partial charge < -0.3 is 4.90 Å². The minimum absolute atomic E-state index is 0.159. The molecule has 25 heavy (non-hydrogen) atoms. The predicted octanol–water partition coefficient (Wildman–Crippen LogP) is 3.32. The van der Waals surface area contributed by atoms with Crippen molar-refractivity contribution in [2.45, 2.75) is 29.6 Å². The normalized spacial score (nSPS) is 18.4. The lowest BCUT2D eigenvalue weighted by atomic mass is 10.1. The lowest BCUT2D eigenvalue weighted by molar-refractivity contribution is -0.133. The smallest absolute Gasteiger partial charge is 0.253 e. The summed E-state index contributed by atoms with van der Waals surface area (Å²) in [6.07, 6.45) is 1.26. The van der Waals surface area contributed by atoms with Gasteiger partial charge in [-0.2, -0.15) is 4.31 Å². The first-order chi connectivity index (χ1) is 11.9. The van der Waals surface area contributed by atoms with E-state index in [1.165, 1.54) is 15.6 Å². The van der Waals surface area contributed by atoms with Crippen LogP contribution in [0.3, 0.4) is 0 Å². The Morgan fingerprint density at radius 3 is 2.76 bits per heavy atom. The van der Waals surface area contributed by atoms with Crippen LogP contribution in [0.2, 0.25) is 0 Å². The van der Waals surface area contributed by atoms with Crippen LogP contribution < -0.4 is 0 Å². The van der Waals surface area contributed by atoms with E-state index >= 15 is 0 Å². The minimum Gasteiger partial charge on any atom is -0.340 e. The summed E-state index contributed by atoms with van der Waals surface area (Å²) in [4.78, 5) is 14.5. The van der Waals surface area contributed by atoms with Crippen LogP contribution in [0.5, 0.6) is 0 Å². The van der Waals surface area contributed by atoms with Crippen molar-refractivity contribution in [2.75, 3.05) is 13.6 Å². The molecule has 8 heteroatoms. The molecule has 1 aromatic heterocycles. The summed E-state index contributed by atoms with van der Waals surface area (Å²) in [6, 6.07) is 10.4. The van der Waals surface area contributed by atoms with Gasteiger partial charge in [-0.05, 0) is 35.9 Å². The maximum Gasteiger partial charge on any atom is 0.253 e. The number of rotatable bonds is 5. The molecule has 1 aromatic carbocycles. The quantitative estimate of drug-likeness (QED) is 0.713. The summed E-state index contributed by atoms with van der Waals surface area (Å²) in [7, 11) is -1.89. The van der Waals surface area contributed by atoms with Crippen LogP contribution in [0.4, 0.5) is 0 Å². The van der Waals surface area contributed by atoms with Crippen molar-refractivity contribution in [1.82, 2.24) is 9.21 Å². The zero-order valence-corrected chi connectivity index (χ0v) is 17.0. The summed E-state index contributed by atoms with van der Waals surface area (Å²) in [5, 5.41) is 1.73. The molecule has 1 saturated heterocycles. The van der Waals surface area contributed by atoms with Crippen molar-refractivity contribution >= 4 is 43.2 Å². The van der Waals surface area contributed by atoms with Crippen LogP contribution in [0.15, 0.2) is 50.5 Å². The molecule has 1 atom stereocenters. The van der Waals surface area contributed by atoms with Gasteiger partial charge in [0.05, 0.1) is 0 Å². The Bertz CT molecular complexity index is 853. The van der Waals surface area contributed by atoms with Crippen LogP contribution in [-0.4, -0.2) is 43.2 Å². The van der Waals surface area contributed by atoms with E-state index in [0.29, 0.717) is 30.1 Å². The molecule has 1 amide bonds. The molecule has 0 N–H and O–H groups in total. The third-order valence-corrected chi connectivity index (χ3v) is 8.34. The van der Waals surface area contributed by atoms with Gasteiger partial charge in [-0.25, -0.2) is 8.42 Å². The van der Waals surface area contributed by atoms with E-state index in [4.69, 9.17) is 0 Å². The average Bonchev–Trinajstić information content (AvgIpc) is 3.28. The third-order valence-electron chi connectivity index (χ3n) is 4.29. The molecule has 0 saturated carbocycles. The van der Waals surface area contributed by atoms with Crippen molar-refractivity contribution in [3.05, 3.63) is 51.8 Å². The van der Waals surface area contributed by atoms with Crippen molar-refractivity contribution in [2.24, 2.45) is 0 Å². The maximum atomic E-state index is 12.9. The molecular formula is C17H19BrN2O3S2. The SMILES string of the molecule is CN(Cc1ccccc1Br)C(=O)C1CCCN1S(=O)(=O)c1cccs1. The molecule has 1 aliphatic heterocycles. The van der Waals surface area contributed by atoms with Crippen LogP contribution in [-0.2, 0) is 21.4 Å². The summed E-state index contributed by atoms with van der Waals surface area (Å²) in [5.74, 6) is -0.159. The number of carbonyl (C=O) groups is 1. The van der Waals surface area contributed by atoms with Gasteiger partial charge in [-0.15, -0.1) is 11.3 Å². The average molecular weight is 443 g/mol. The number of thiophene rings is 1. The Hall–Kier alpha value is -1.22. The van der Waals surface area contributed by atoms with E-state index in [1.807, 2.05) is 24.3 Å². The van der Waals surface area contributed by atoms with Crippen LogP contribution in [0.1, 0.15) is 18.4 Å². The maximum absolute atomic E-state index is 12.9. The molecule has 2 aromatic rings. The molecule has 3 rings (SSSR count). The van der Waals surface area contributed by atoms with E-state index < -0.39 is 16.1 Å². The number of nitrogens with zero attached hydrogens (tertiary/aromatic N) is 2. The van der Waals surface area contributed by atoms with Gasteiger partial charge in [-0.1, -0.05) is 40.2 Å². The number of sulfonamides is 1. The highest BCUT2D eigenvalue weighted by Gasteiger charge is 2.40. The fourth-order valence-electron chi connectivity index (χ4n) is 3.01. The molecule has 0 bridgehead atoms. The Kier molecular flexibility index (Phi) is 5.62. The first-order valence-electron chi connectivity index (χ1n) is 7.95. The molecule has 134 valence electrons. The predicted molar refractivity (Wildman–Crippen MR) is 102 cm³/mol. The molecule has 0 aliphatic carbocycles. The first-order valence-corrected chi connectivity index (χ1v) is 11.1. The zero-order valence-electron chi connectivity index (χ0n) is 13.8. The summed E-state index contributed by atoms with van der Waals surface area (Å²) in [6.45, 7) is 0.823. The lowest BCUT2D eigenvalue weighted by Crippen LogP contribution is -2.46. The summed E-state index contributed by atoms with van der Waals surface area (Å²) in [5.41, 5.74) is 0.990. The number of halogens is 1. The molecule has 1 fully saturated rings. The number of amides is 1. The van der Waals surface area contributed by atoms with Crippen molar-refractivity contribution in [1.29, 1.82) is 0 Å². The topological polar surface area (TPSA) is 57.7 Å². The van der Waals surface area contributed by atoms with Gasteiger partial charge in [0.25, 0.3) is 10.0 Å². The highest BCUT2D eigenvalue weighted by atomic mass is 79.9. The van der Waals surface area contributed by atoms with Gasteiger partial charge >= 0.3 is 0 Å². The highest BCUT2D eigenvalue weighted by Crippen LogP contribution is 2.29. The Balaban J connectivity index is 1.78. The minimum atomic E-state index is -3.61. The molecular weight excluding hydrogens is 424 g/mol. The van der Waals surface area contributed by atoms with Gasteiger partial charge in [0.1, 0.15) is 10.3 Å². The second-order valence-corrected chi connectivity index (χ2v) is 9.91. The highest BCUT2D eigenvalue weighted by molar-refractivity contribution is 9.10. The van der Waals surface area contributed by atoms with Crippen molar-refractivity contribution < 1.29 is 13.2 Å². The van der Waals surface area contributed by atoms with Gasteiger partial charge in [0.15, 0.2) is 0 Å². The standard InChI is InChI=1S/C17H19BrN2O3S2/c1-19(12-13-6-2-3-7-14(13)18)17(21)15-8-4-10-20(15)25(22,23)16-9-5-11-24-16/h2-3,5-7,9,11,15H,4,8,10,12H2,1H3. The Morgan fingerprint density at radius 1 is 1.32 bits per heavy atom. The Morgan fingerprint density at radius 2 is 2.08 bits per heavy atom. The molecule has 0 radical (unpaired) electrons. The molecule has 5 nitrogen and oxygen atoms in total. The lowest BCUT2D eigenvalue weighted by Gasteiger charge is -2.27. The van der Waals surface area contributed by atoms with Gasteiger partial charge in [0, 0.05) is 24.6 Å². The fourth-order valence-corrected chi connectivity index (χ4v) is 6.20. The van der Waals surface area contributed by atoms with E-state index in [9.17, 15) is 13.2 Å². The largest absolute Gasteiger partial charge is 0.340 e. The monoisotopic (exact) mass is 442 g/mol. The van der Waals surface area contributed by atoms with Crippen LogP contribution in [0, 0.1) is 0 Å². The molecule has 2 heterocycles. The fraction of sp³-hybridized carbons (Fsp3) is 0.353. The first kappa shape index (κ1) is 18.6. The van der Waals surface area contributed by atoms with Crippen molar-refractivity contribution in [3.8, 4) is 0 Å². The summed E-state index contributed by atoms with van der Waals surface area (Å²) >= 11 is 4.67. The third kappa shape index (κ3) is 3.81. The van der Waals surface area contributed by atoms with E-state index in [1.54, 1.807) is 29.5 Å². The van der Waals surface area contributed by atoms with Crippen LogP contribution in [0.25, 0.3) is 0 Å². The van der Waals surface area contributed by atoms with E-state index in [2.05, 4.69) is 15.9 Å². The summed E-state index contributed by atoms with van der Waals surface area (Å²) < 4.78 is 28.2. The molecule has 1 unspecified atom stereocenters. The Labute approximate surface area is 160 Å². The second kappa shape index (κ2) is 7.57. The molecule has 0 spiro atoms. The number of likely N-dealkylation sites (N-methyl/N-ethyl adjacent to an activating group) is 1. The van der Waals surface area contributed by atoms with E-state index in [-0.39, 0.29) is 5.91 Å². The number of hydrogen-bond donors (Lipinski definition) is 0. The number of benzene rings is 1. The van der Waals surface area contributed by atoms with Crippen LogP contribution >= 0.6 is 27.3 Å². The van der Waals surface area contributed by atoms with E-state index in [0.717, 1.165) is 10.0 Å². The van der Waals surface area contributed by atoms with Gasteiger partial charge in [-0.3, -0.25) is 4.79 Å². The molecule has 1 aliphatic rings. The number of hydrogen-bond acceptors (Lipinski definition) is 4. The second-order valence-electron chi connectivity index (χ2n) is 5.99.